The molecule has 1 fully saturated rings. The van der Waals surface area contributed by atoms with Crippen LogP contribution in [0.2, 0.25) is 0 Å². The van der Waals surface area contributed by atoms with E-state index in [2.05, 4.69) is 11.4 Å². The Balaban J connectivity index is 1.66. The molecule has 4 nitrogen and oxygen atoms in total. The van der Waals surface area contributed by atoms with Crippen molar-refractivity contribution < 1.29 is 14.3 Å². The molecule has 108 valence electrons. The third-order valence-corrected chi connectivity index (χ3v) is 4.08. The first-order valence-electron chi connectivity index (χ1n) is 7.16. The zero-order chi connectivity index (χ0) is 14.0. The van der Waals surface area contributed by atoms with Gasteiger partial charge >= 0.3 is 0 Å². The highest BCUT2D eigenvalue weighted by Gasteiger charge is 2.29. The van der Waals surface area contributed by atoms with Crippen LogP contribution < -0.4 is 5.32 Å². The normalized spacial score (nSPS) is 18.5. The second-order valence-corrected chi connectivity index (χ2v) is 5.57. The van der Waals surface area contributed by atoms with Crippen molar-refractivity contribution in [2.24, 2.45) is 0 Å². The van der Waals surface area contributed by atoms with E-state index in [1.807, 2.05) is 25.1 Å². The molecule has 20 heavy (non-hydrogen) atoms. The SMILES string of the molecule is Cc1oc2ccccc2c1CNCC1(O)CCOCC1. The first-order valence-corrected chi connectivity index (χ1v) is 7.16. The van der Waals surface area contributed by atoms with E-state index in [0.717, 1.165) is 16.7 Å². The van der Waals surface area contributed by atoms with Crippen molar-refractivity contribution in [3.05, 3.63) is 35.6 Å². The van der Waals surface area contributed by atoms with Crippen molar-refractivity contribution in [3.63, 3.8) is 0 Å². The van der Waals surface area contributed by atoms with Gasteiger partial charge in [-0.2, -0.15) is 0 Å². The lowest BCUT2D eigenvalue weighted by Crippen LogP contribution is -2.44. The summed E-state index contributed by atoms with van der Waals surface area (Å²) in [6, 6.07) is 8.06. The Morgan fingerprint density at radius 3 is 2.80 bits per heavy atom. The Bertz CT molecular complexity index is 584. The molecule has 2 heterocycles. The summed E-state index contributed by atoms with van der Waals surface area (Å²) < 4.78 is 11.0. The van der Waals surface area contributed by atoms with Crippen LogP contribution in [0.5, 0.6) is 0 Å². The summed E-state index contributed by atoms with van der Waals surface area (Å²) in [6.07, 6.45) is 1.40. The van der Waals surface area contributed by atoms with Gasteiger partial charge in [-0.1, -0.05) is 18.2 Å². The highest BCUT2D eigenvalue weighted by atomic mass is 16.5. The molecule has 0 bridgehead atoms. The highest BCUT2D eigenvalue weighted by Crippen LogP contribution is 2.25. The zero-order valence-corrected chi connectivity index (χ0v) is 11.8. The van der Waals surface area contributed by atoms with E-state index in [1.54, 1.807) is 0 Å². The largest absolute Gasteiger partial charge is 0.461 e. The Labute approximate surface area is 118 Å². The Morgan fingerprint density at radius 1 is 1.25 bits per heavy atom. The second kappa shape index (κ2) is 5.56. The van der Waals surface area contributed by atoms with Gasteiger partial charge < -0.3 is 19.6 Å². The van der Waals surface area contributed by atoms with Crippen molar-refractivity contribution in [3.8, 4) is 0 Å². The molecule has 0 saturated carbocycles. The number of hydrogen-bond acceptors (Lipinski definition) is 4. The Morgan fingerprint density at radius 2 is 2.00 bits per heavy atom. The predicted molar refractivity (Wildman–Crippen MR) is 77.7 cm³/mol. The maximum Gasteiger partial charge on any atom is 0.134 e. The molecule has 0 spiro atoms. The van der Waals surface area contributed by atoms with Crippen LogP contribution in [-0.4, -0.2) is 30.5 Å². The molecule has 3 rings (SSSR count). The van der Waals surface area contributed by atoms with E-state index in [1.165, 1.54) is 5.56 Å². The number of para-hydroxylation sites is 1. The van der Waals surface area contributed by atoms with Gasteiger partial charge in [-0.3, -0.25) is 0 Å². The molecule has 1 aliphatic rings. The standard InChI is InChI=1S/C16H21NO3/c1-12-14(13-4-2-3-5-15(13)20-12)10-17-11-16(18)6-8-19-9-7-16/h2-5,17-18H,6-11H2,1H3. The lowest BCUT2D eigenvalue weighted by atomic mass is 9.94. The molecule has 4 heteroatoms. The number of aliphatic hydroxyl groups is 1. The van der Waals surface area contributed by atoms with Gasteiger partial charge in [0.05, 0.1) is 5.60 Å². The van der Waals surface area contributed by atoms with Crippen LogP contribution >= 0.6 is 0 Å². The molecule has 0 atom stereocenters. The summed E-state index contributed by atoms with van der Waals surface area (Å²) in [4.78, 5) is 0. The van der Waals surface area contributed by atoms with E-state index in [0.29, 0.717) is 39.1 Å². The number of rotatable bonds is 4. The van der Waals surface area contributed by atoms with Gasteiger partial charge in [0.15, 0.2) is 0 Å². The van der Waals surface area contributed by atoms with E-state index < -0.39 is 5.60 Å². The monoisotopic (exact) mass is 275 g/mol. The van der Waals surface area contributed by atoms with Gasteiger partial charge in [0, 0.05) is 50.1 Å². The highest BCUT2D eigenvalue weighted by molar-refractivity contribution is 5.82. The second-order valence-electron chi connectivity index (χ2n) is 5.57. The van der Waals surface area contributed by atoms with Gasteiger partial charge in [0.25, 0.3) is 0 Å². The van der Waals surface area contributed by atoms with Crippen LogP contribution in [0.3, 0.4) is 0 Å². The summed E-state index contributed by atoms with van der Waals surface area (Å²) in [5.41, 5.74) is 1.47. The first-order chi connectivity index (χ1) is 9.68. The molecule has 1 aromatic carbocycles. The Hall–Kier alpha value is -1.36. The van der Waals surface area contributed by atoms with Crippen molar-refractivity contribution in [1.29, 1.82) is 0 Å². The van der Waals surface area contributed by atoms with E-state index in [4.69, 9.17) is 9.15 Å². The van der Waals surface area contributed by atoms with Crippen LogP contribution in [-0.2, 0) is 11.3 Å². The minimum atomic E-state index is -0.633. The molecule has 2 N–H and O–H groups in total. The third-order valence-electron chi connectivity index (χ3n) is 4.08. The first kappa shape index (κ1) is 13.6. The van der Waals surface area contributed by atoms with E-state index >= 15 is 0 Å². The summed E-state index contributed by atoms with van der Waals surface area (Å²) >= 11 is 0. The van der Waals surface area contributed by atoms with E-state index in [-0.39, 0.29) is 0 Å². The molecule has 1 saturated heterocycles. The predicted octanol–water partition coefficient (Wildman–Crippen LogP) is 2.37. The molecular weight excluding hydrogens is 254 g/mol. The lowest BCUT2D eigenvalue weighted by molar-refractivity contribution is -0.0617. The smallest absolute Gasteiger partial charge is 0.134 e. The number of nitrogens with one attached hydrogen (secondary N) is 1. The topological polar surface area (TPSA) is 54.6 Å². The molecule has 0 radical (unpaired) electrons. The van der Waals surface area contributed by atoms with Crippen molar-refractivity contribution >= 4 is 11.0 Å². The average molecular weight is 275 g/mol. The van der Waals surface area contributed by atoms with Crippen molar-refractivity contribution in [2.45, 2.75) is 31.9 Å². The maximum atomic E-state index is 10.4. The number of benzene rings is 1. The van der Waals surface area contributed by atoms with Gasteiger partial charge in [0.2, 0.25) is 0 Å². The quantitative estimate of drug-likeness (QED) is 0.899. The number of fused-ring (bicyclic) bond motifs is 1. The van der Waals surface area contributed by atoms with Gasteiger partial charge in [-0.05, 0) is 13.0 Å². The zero-order valence-electron chi connectivity index (χ0n) is 11.8. The maximum absolute atomic E-state index is 10.4. The van der Waals surface area contributed by atoms with Crippen LogP contribution in [0, 0.1) is 6.92 Å². The fourth-order valence-corrected chi connectivity index (χ4v) is 2.79. The third kappa shape index (κ3) is 2.73. The molecule has 1 aromatic heterocycles. The fraction of sp³-hybridized carbons (Fsp3) is 0.500. The molecule has 0 aliphatic carbocycles. The van der Waals surface area contributed by atoms with E-state index in [9.17, 15) is 5.11 Å². The average Bonchev–Trinajstić information content (AvgIpc) is 2.76. The van der Waals surface area contributed by atoms with Crippen molar-refractivity contribution in [1.82, 2.24) is 5.32 Å². The molecular formula is C16H21NO3. The van der Waals surface area contributed by atoms with Crippen molar-refractivity contribution in [2.75, 3.05) is 19.8 Å². The minimum absolute atomic E-state index is 0.593. The van der Waals surface area contributed by atoms with Gasteiger partial charge in [-0.15, -0.1) is 0 Å². The van der Waals surface area contributed by atoms with Crippen LogP contribution in [0.25, 0.3) is 11.0 Å². The number of ether oxygens (including phenoxy) is 1. The fourth-order valence-electron chi connectivity index (χ4n) is 2.79. The number of hydrogen-bond donors (Lipinski definition) is 2. The molecule has 2 aromatic rings. The van der Waals surface area contributed by atoms with Gasteiger partial charge in [-0.25, -0.2) is 0 Å². The lowest BCUT2D eigenvalue weighted by Gasteiger charge is -2.32. The van der Waals surface area contributed by atoms with Gasteiger partial charge in [0.1, 0.15) is 11.3 Å². The summed E-state index contributed by atoms with van der Waals surface area (Å²) in [6.45, 7) is 4.58. The summed E-state index contributed by atoms with van der Waals surface area (Å²) in [5.74, 6) is 0.942. The summed E-state index contributed by atoms with van der Waals surface area (Å²) in [5, 5.41) is 14.9. The number of aryl methyl sites for hydroxylation is 1. The molecule has 1 aliphatic heterocycles. The van der Waals surface area contributed by atoms with Crippen LogP contribution in [0.1, 0.15) is 24.2 Å². The Kier molecular flexibility index (Phi) is 3.78. The minimum Gasteiger partial charge on any atom is -0.461 e. The number of furan rings is 1. The van der Waals surface area contributed by atoms with Crippen LogP contribution in [0.4, 0.5) is 0 Å². The molecule has 0 unspecified atom stereocenters. The molecule has 0 amide bonds. The van der Waals surface area contributed by atoms with Crippen LogP contribution in [0.15, 0.2) is 28.7 Å². The summed E-state index contributed by atoms with van der Waals surface area (Å²) in [7, 11) is 0.